The molecule has 1 unspecified atom stereocenters. The van der Waals surface area contributed by atoms with Gasteiger partial charge in [-0.3, -0.25) is 4.79 Å². The number of hydrogen-bond donors (Lipinski definition) is 1. The van der Waals surface area contributed by atoms with Crippen LogP contribution in [0.25, 0.3) is 0 Å². The number of furan rings is 1. The first-order chi connectivity index (χ1) is 9.66. The highest BCUT2D eigenvalue weighted by molar-refractivity contribution is 9.10. The van der Waals surface area contributed by atoms with Gasteiger partial charge in [0.15, 0.2) is 4.67 Å². The van der Waals surface area contributed by atoms with Gasteiger partial charge >= 0.3 is 0 Å². The van der Waals surface area contributed by atoms with Gasteiger partial charge in [0, 0.05) is 45.1 Å². The largest absolute Gasteiger partial charge is 0.457 e. The third-order valence-electron chi connectivity index (χ3n) is 3.48. The normalized spacial score (nSPS) is 19.3. The number of carbonyl (C=O) groups is 1. The van der Waals surface area contributed by atoms with E-state index in [1.165, 1.54) is 6.26 Å². The van der Waals surface area contributed by atoms with Crippen LogP contribution in [0.15, 0.2) is 33.8 Å². The van der Waals surface area contributed by atoms with Gasteiger partial charge in [0.25, 0.3) is 5.91 Å². The maximum atomic E-state index is 12.6. The molecule has 3 heterocycles. The van der Waals surface area contributed by atoms with Gasteiger partial charge in [-0.05, 0) is 15.9 Å². The summed E-state index contributed by atoms with van der Waals surface area (Å²) >= 11 is 3.22. The van der Waals surface area contributed by atoms with E-state index in [4.69, 9.17) is 4.42 Å². The Morgan fingerprint density at radius 3 is 3.10 bits per heavy atom. The van der Waals surface area contributed by atoms with Crippen LogP contribution in [0, 0.1) is 0 Å². The fraction of sp³-hybridized carbons (Fsp3) is 0.385. The maximum absolute atomic E-state index is 12.6. The Kier molecular flexibility index (Phi) is 3.62. The molecule has 0 spiro atoms. The Morgan fingerprint density at radius 1 is 1.60 bits per heavy atom. The molecule has 0 bridgehead atoms. The van der Waals surface area contributed by atoms with E-state index in [9.17, 15) is 4.79 Å². The standard InChI is InChI=1S/C13H15BrN4O2/c1-17-4-3-16-12(17)10-7-15-2-5-18(10)13(19)9-6-11(14)20-8-9/h3-4,6,8,10,15H,2,5,7H2,1H3. The molecule has 106 valence electrons. The lowest BCUT2D eigenvalue weighted by Gasteiger charge is -2.35. The second-order valence-corrected chi connectivity index (χ2v) is 5.54. The molecule has 2 aromatic heterocycles. The van der Waals surface area contributed by atoms with Crippen molar-refractivity contribution in [3.63, 3.8) is 0 Å². The van der Waals surface area contributed by atoms with Crippen LogP contribution in [0.2, 0.25) is 0 Å². The second kappa shape index (κ2) is 5.41. The molecule has 6 nitrogen and oxygen atoms in total. The van der Waals surface area contributed by atoms with Gasteiger partial charge in [0.05, 0.1) is 5.56 Å². The van der Waals surface area contributed by atoms with Gasteiger partial charge < -0.3 is 19.2 Å². The minimum Gasteiger partial charge on any atom is -0.457 e. The lowest BCUT2D eigenvalue weighted by Crippen LogP contribution is -2.49. The summed E-state index contributed by atoms with van der Waals surface area (Å²) in [6.07, 6.45) is 5.12. The highest BCUT2D eigenvalue weighted by Crippen LogP contribution is 2.24. The molecule has 1 aliphatic heterocycles. The van der Waals surface area contributed by atoms with Crippen LogP contribution >= 0.6 is 15.9 Å². The van der Waals surface area contributed by atoms with Crippen molar-refractivity contribution in [2.24, 2.45) is 7.05 Å². The predicted molar refractivity (Wildman–Crippen MR) is 76.3 cm³/mol. The number of carbonyl (C=O) groups excluding carboxylic acids is 1. The summed E-state index contributed by atoms with van der Waals surface area (Å²) in [5.41, 5.74) is 0.554. The third-order valence-corrected chi connectivity index (χ3v) is 3.89. The van der Waals surface area contributed by atoms with Gasteiger partial charge in [-0.25, -0.2) is 4.98 Å². The quantitative estimate of drug-likeness (QED) is 0.902. The van der Waals surface area contributed by atoms with Gasteiger partial charge in [0.2, 0.25) is 0 Å². The molecule has 2 aromatic rings. The topological polar surface area (TPSA) is 63.3 Å². The lowest BCUT2D eigenvalue weighted by atomic mass is 10.1. The van der Waals surface area contributed by atoms with Crippen molar-refractivity contribution in [3.8, 4) is 0 Å². The predicted octanol–water partition coefficient (Wildman–Crippen LogP) is 1.56. The molecule has 20 heavy (non-hydrogen) atoms. The maximum Gasteiger partial charge on any atom is 0.257 e. The van der Waals surface area contributed by atoms with Crippen LogP contribution in [-0.4, -0.2) is 40.0 Å². The van der Waals surface area contributed by atoms with Crippen molar-refractivity contribution in [2.75, 3.05) is 19.6 Å². The summed E-state index contributed by atoms with van der Waals surface area (Å²) in [5.74, 6) is 0.849. The molecule has 0 saturated carbocycles. The van der Waals surface area contributed by atoms with Gasteiger partial charge in [-0.2, -0.15) is 0 Å². The number of nitrogens with one attached hydrogen (secondary N) is 1. The number of rotatable bonds is 2. The Morgan fingerprint density at radius 2 is 2.45 bits per heavy atom. The van der Waals surface area contributed by atoms with E-state index in [0.29, 0.717) is 23.3 Å². The average Bonchev–Trinajstić information content (AvgIpc) is 3.07. The molecule has 1 saturated heterocycles. The number of nitrogens with zero attached hydrogens (tertiary/aromatic N) is 3. The van der Waals surface area contributed by atoms with Crippen molar-refractivity contribution < 1.29 is 9.21 Å². The monoisotopic (exact) mass is 338 g/mol. The van der Waals surface area contributed by atoms with E-state index >= 15 is 0 Å². The Labute approximate surface area is 124 Å². The summed E-state index contributed by atoms with van der Waals surface area (Å²) in [6, 6.07) is 1.63. The first-order valence-corrected chi connectivity index (χ1v) is 7.19. The van der Waals surface area contributed by atoms with Gasteiger partial charge in [0.1, 0.15) is 18.1 Å². The average molecular weight is 339 g/mol. The van der Waals surface area contributed by atoms with Crippen molar-refractivity contribution in [3.05, 3.63) is 40.8 Å². The molecule has 0 aliphatic carbocycles. The molecule has 1 N–H and O–H groups in total. The summed E-state index contributed by atoms with van der Waals surface area (Å²) in [6.45, 7) is 2.14. The minimum atomic E-state index is -0.0649. The molecule has 1 fully saturated rings. The fourth-order valence-corrected chi connectivity index (χ4v) is 2.80. The number of aryl methyl sites for hydroxylation is 1. The van der Waals surface area contributed by atoms with E-state index in [-0.39, 0.29) is 11.9 Å². The van der Waals surface area contributed by atoms with Crippen LogP contribution in [-0.2, 0) is 7.05 Å². The van der Waals surface area contributed by atoms with Gasteiger partial charge in [-0.1, -0.05) is 0 Å². The van der Waals surface area contributed by atoms with Crippen LogP contribution in [0.5, 0.6) is 0 Å². The van der Waals surface area contributed by atoms with Gasteiger partial charge in [-0.15, -0.1) is 0 Å². The molecule has 0 radical (unpaired) electrons. The number of piperazine rings is 1. The molecule has 1 atom stereocenters. The number of aromatic nitrogens is 2. The molecule has 7 heteroatoms. The van der Waals surface area contributed by atoms with E-state index in [2.05, 4.69) is 26.2 Å². The van der Waals surface area contributed by atoms with Crippen molar-refractivity contribution in [1.29, 1.82) is 0 Å². The number of imidazole rings is 1. The van der Waals surface area contributed by atoms with E-state index in [1.54, 1.807) is 12.3 Å². The number of amides is 1. The van der Waals surface area contributed by atoms with Crippen LogP contribution in [0.1, 0.15) is 22.2 Å². The molecule has 1 aliphatic rings. The summed E-state index contributed by atoms with van der Waals surface area (Å²) < 4.78 is 7.67. The van der Waals surface area contributed by atoms with Crippen LogP contribution < -0.4 is 5.32 Å². The fourth-order valence-electron chi connectivity index (χ4n) is 2.46. The molecule has 3 rings (SSSR count). The number of hydrogen-bond acceptors (Lipinski definition) is 4. The molecule has 0 aromatic carbocycles. The minimum absolute atomic E-state index is 0.0334. The van der Waals surface area contributed by atoms with Crippen LogP contribution in [0.3, 0.4) is 0 Å². The van der Waals surface area contributed by atoms with E-state index in [0.717, 1.165) is 12.4 Å². The van der Waals surface area contributed by atoms with E-state index < -0.39 is 0 Å². The Balaban J connectivity index is 1.89. The zero-order chi connectivity index (χ0) is 14.1. The summed E-state index contributed by atoms with van der Waals surface area (Å²) in [4.78, 5) is 18.8. The zero-order valence-corrected chi connectivity index (χ0v) is 12.6. The van der Waals surface area contributed by atoms with Crippen molar-refractivity contribution in [1.82, 2.24) is 19.8 Å². The van der Waals surface area contributed by atoms with Crippen LogP contribution in [0.4, 0.5) is 0 Å². The van der Waals surface area contributed by atoms with Crippen molar-refractivity contribution in [2.45, 2.75) is 6.04 Å². The highest BCUT2D eigenvalue weighted by atomic mass is 79.9. The zero-order valence-electron chi connectivity index (χ0n) is 11.0. The Hall–Kier alpha value is -1.60. The lowest BCUT2D eigenvalue weighted by molar-refractivity contribution is 0.0620. The Bertz CT molecular complexity index is 621. The molecule has 1 amide bonds. The molecular formula is C13H15BrN4O2. The summed E-state index contributed by atoms with van der Waals surface area (Å²) in [7, 11) is 1.94. The third kappa shape index (κ3) is 2.38. The first kappa shape index (κ1) is 13.4. The second-order valence-electron chi connectivity index (χ2n) is 4.75. The first-order valence-electron chi connectivity index (χ1n) is 6.40. The number of halogens is 1. The summed E-state index contributed by atoms with van der Waals surface area (Å²) in [5, 5.41) is 3.31. The van der Waals surface area contributed by atoms with Crippen molar-refractivity contribution >= 4 is 21.8 Å². The highest BCUT2D eigenvalue weighted by Gasteiger charge is 2.31. The van der Waals surface area contributed by atoms with E-state index in [1.807, 2.05) is 22.7 Å². The SMILES string of the molecule is Cn1ccnc1C1CNCCN1C(=O)c1coc(Br)c1. The smallest absolute Gasteiger partial charge is 0.257 e. The molecular weight excluding hydrogens is 324 g/mol.